The number of nitrogens with zero attached hydrogens (tertiary/aromatic N) is 2. The van der Waals surface area contributed by atoms with E-state index >= 15 is 0 Å². The highest BCUT2D eigenvalue weighted by Gasteiger charge is 2.28. The van der Waals surface area contributed by atoms with Crippen molar-refractivity contribution in [2.24, 2.45) is 5.92 Å². The molecular weight excluding hydrogens is 248 g/mol. The molecule has 0 aromatic carbocycles. The van der Waals surface area contributed by atoms with Crippen LogP contribution >= 0.6 is 11.6 Å². The topological polar surface area (TPSA) is 35.0 Å². The van der Waals surface area contributed by atoms with Crippen molar-refractivity contribution in [2.45, 2.75) is 57.5 Å². The molecule has 0 N–H and O–H groups in total. The molecule has 0 radical (unpaired) electrons. The summed E-state index contributed by atoms with van der Waals surface area (Å²) in [5, 5.41) is 0.505. The maximum absolute atomic E-state index is 6.04. The number of hydrogen-bond acceptors (Lipinski definition) is 3. The molecule has 3 nitrogen and oxygen atoms in total. The number of aromatic nitrogens is 2. The van der Waals surface area contributed by atoms with Crippen LogP contribution in [-0.4, -0.2) is 16.1 Å². The second kappa shape index (κ2) is 5.04. The van der Waals surface area contributed by atoms with E-state index in [9.17, 15) is 0 Å². The molecule has 0 amide bonds. The maximum Gasteiger partial charge on any atom is 0.218 e. The fourth-order valence-corrected chi connectivity index (χ4v) is 2.83. The first-order valence-corrected chi connectivity index (χ1v) is 7.29. The van der Waals surface area contributed by atoms with Crippen molar-refractivity contribution in [3.8, 4) is 5.88 Å². The third-order valence-electron chi connectivity index (χ3n) is 3.81. The highest BCUT2D eigenvalue weighted by atomic mass is 35.5. The Morgan fingerprint density at radius 3 is 2.78 bits per heavy atom. The minimum Gasteiger partial charge on any atom is -0.474 e. The number of halogens is 1. The molecule has 2 unspecified atom stereocenters. The first kappa shape index (κ1) is 12.2. The highest BCUT2D eigenvalue weighted by molar-refractivity contribution is 6.29. The molecule has 1 heterocycles. The normalized spacial score (nSPS) is 28.1. The smallest absolute Gasteiger partial charge is 0.218 e. The fourth-order valence-electron chi connectivity index (χ4n) is 2.65. The molecule has 98 valence electrons. The van der Waals surface area contributed by atoms with Crippen LogP contribution in [0, 0.1) is 5.92 Å². The Morgan fingerprint density at radius 2 is 2.06 bits per heavy atom. The van der Waals surface area contributed by atoms with E-state index in [-0.39, 0.29) is 0 Å². The first-order chi connectivity index (χ1) is 8.70. The van der Waals surface area contributed by atoms with Crippen LogP contribution in [0.15, 0.2) is 6.07 Å². The zero-order valence-corrected chi connectivity index (χ0v) is 11.5. The minimum absolute atomic E-state index is 0.298. The van der Waals surface area contributed by atoms with Crippen molar-refractivity contribution >= 4 is 11.6 Å². The lowest BCUT2D eigenvalue weighted by Gasteiger charge is -2.27. The van der Waals surface area contributed by atoms with Crippen LogP contribution in [0.3, 0.4) is 0 Å². The van der Waals surface area contributed by atoms with Gasteiger partial charge in [-0.25, -0.2) is 4.98 Å². The Morgan fingerprint density at radius 1 is 1.22 bits per heavy atom. The summed E-state index contributed by atoms with van der Waals surface area (Å²) < 4.78 is 5.99. The Balaban J connectivity index is 1.71. The summed E-state index contributed by atoms with van der Waals surface area (Å²) in [7, 11) is 0. The van der Waals surface area contributed by atoms with Crippen LogP contribution < -0.4 is 4.74 Å². The maximum atomic E-state index is 6.04. The van der Waals surface area contributed by atoms with E-state index in [0.29, 0.717) is 23.1 Å². The van der Waals surface area contributed by atoms with Gasteiger partial charge < -0.3 is 4.74 Å². The summed E-state index contributed by atoms with van der Waals surface area (Å²) in [5.41, 5.74) is 0. The van der Waals surface area contributed by atoms with Crippen LogP contribution in [0.5, 0.6) is 5.88 Å². The average Bonchev–Trinajstić information content (AvgIpc) is 3.11. The summed E-state index contributed by atoms with van der Waals surface area (Å²) >= 11 is 6.04. The molecule has 3 rings (SSSR count). The van der Waals surface area contributed by atoms with Crippen molar-refractivity contribution in [1.29, 1.82) is 0 Å². The van der Waals surface area contributed by atoms with Gasteiger partial charge in [0.1, 0.15) is 17.1 Å². The molecule has 2 aliphatic rings. The zero-order chi connectivity index (χ0) is 12.5. The van der Waals surface area contributed by atoms with Gasteiger partial charge in [-0.1, -0.05) is 24.9 Å². The molecule has 0 spiro atoms. The molecule has 0 aliphatic heterocycles. The summed E-state index contributed by atoms with van der Waals surface area (Å²) in [6.45, 7) is 2.29. The molecular formula is C14H19ClN2O. The van der Waals surface area contributed by atoms with Gasteiger partial charge in [-0.3, -0.25) is 0 Å². The van der Waals surface area contributed by atoms with E-state index in [0.717, 1.165) is 24.6 Å². The van der Waals surface area contributed by atoms with Gasteiger partial charge >= 0.3 is 0 Å². The van der Waals surface area contributed by atoms with Crippen LogP contribution in [0.4, 0.5) is 0 Å². The second-order valence-corrected chi connectivity index (χ2v) is 6.06. The van der Waals surface area contributed by atoms with Gasteiger partial charge in [-0.05, 0) is 38.0 Å². The van der Waals surface area contributed by atoms with Crippen molar-refractivity contribution < 1.29 is 4.74 Å². The molecule has 1 aromatic heterocycles. The lowest BCUT2D eigenvalue weighted by Crippen LogP contribution is -2.24. The van der Waals surface area contributed by atoms with Crippen LogP contribution in [0.25, 0.3) is 0 Å². The number of hydrogen-bond donors (Lipinski definition) is 0. The molecule has 4 heteroatoms. The van der Waals surface area contributed by atoms with Gasteiger partial charge in [0.15, 0.2) is 0 Å². The van der Waals surface area contributed by atoms with Crippen molar-refractivity contribution in [1.82, 2.24) is 9.97 Å². The van der Waals surface area contributed by atoms with E-state index in [2.05, 4.69) is 16.9 Å². The zero-order valence-electron chi connectivity index (χ0n) is 10.7. The Labute approximate surface area is 113 Å². The van der Waals surface area contributed by atoms with Gasteiger partial charge in [-0.15, -0.1) is 0 Å². The van der Waals surface area contributed by atoms with Gasteiger partial charge in [0.05, 0.1) is 0 Å². The molecule has 0 saturated heterocycles. The van der Waals surface area contributed by atoms with Crippen molar-refractivity contribution in [3.63, 3.8) is 0 Å². The SMILES string of the molecule is CC1CCCC(Oc2cc(Cl)nc(C3CC3)n2)C1. The van der Waals surface area contributed by atoms with Crippen LogP contribution in [0.1, 0.15) is 57.2 Å². The molecule has 0 bridgehead atoms. The summed E-state index contributed by atoms with van der Waals surface area (Å²) in [6, 6.07) is 1.74. The van der Waals surface area contributed by atoms with E-state index < -0.39 is 0 Å². The number of ether oxygens (including phenoxy) is 1. The third kappa shape index (κ3) is 2.94. The van der Waals surface area contributed by atoms with Gasteiger partial charge in [0.2, 0.25) is 5.88 Å². The molecule has 2 atom stereocenters. The predicted octanol–water partition coefficient (Wildman–Crippen LogP) is 3.96. The predicted molar refractivity (Wildman–Crippen MR) is 71.1 cm³/mol. The standard InChI is InChI=1S/C14H19ClN2O/c1-9-3-2-4-11(7-9)18-13-8-12(15)16-14(17-13)10-5-6-10/h8-11H,2-7H2,1H3. The van der Waals surface area contributed by atoms with Crippen molar-refractivity contribution in [3.05, 3.63) is 17.0 Å². The van der Waals surface area contributed by atoms with E-state index in [4.69, 9.17) is 16.3 Å². The Kier molecular flexibility index (Phi) is 3.42. The summed E-state index contributed by atoms with van der Waals surface area (Å²) in [6.07, 6.45) is 7.48. The van der Waals surface area contributed by atoms with Crippen LogP contribution in [-0.2, 0) is 0 Å². The summed E-state index contributed by atoms with van der Waals surface area (Å²) in [5.74, 6) is 2.79. The van der Waals surface area contributed by atoms with Crippen LogP contribution in [0.2, 0.25) is 5.15 Å². The molecule has 2 fully saturated rings. The fraction of sp³-hybridized carbons (Fsp3) is 0.714. The Bertz CT molecular complexity index is 434. The van der Waals surface area contributed by atoms with Gasteiger partial charge in [0.25, 0.3) is 0 Å². The monoisotopic (exact) mass is 266 g/mol. The highest BCUT2D eigenvalue weighted by Crippen LogP contribution is 2.39. The first-order valence-electron chi connectivity index (χ1n) is 6.92. The minimum atomic E-state index is 0.298. The Hall–Kier alpha value is -0.830. The summed E-state index contributed by atoms with van der Waals surface area (Å²) in [4.78, 5) is 8.78. The van der Waals surface area contributed by atoms with Crippen molar-refractivity contribution in [2.75, 3.05) is 0 Å². The van der Waals surface area contributed by atoms with E-state index in [1.165, 1.54) is 25.7 Å². The lowest BCUT2D eigenvalue weighted by atomic mass is 9.89. The third-order valence-corrected chi connectivity index (χ3v) is 4.00. The molecule has 1 aromatic rings. The molecule has 2 saturated carbocycles. The van der Waals surface area contributed by atoms with E-state index in [1.54, 1.807) is 6.07 Å². The molecule has 2 aliphatic carbocycles. The van der Waals surface area contributed by atoms with Gasteiger partial charge in [-0.2, -0.15) is 4.98 Å². The molecule has 18 heavy (non-hydrogen) atoms. The quantitative estimate of drug-likeness (QED) is 0.777. The largest absolute Gasteiger partial charge is 0.474 e. The van der Waals surface area contributed by atoms with Gasteiger partial charge in [0, 0.05) is 12.0 Å². The second-order valence-electron chi connectivity index (χ2n) is 5.67. The average molecular weight is 267 g/mol. The lowest BCUT2D eigenvalue weighted by molar-refractivity contribution is 0.123. The van der Waals surface area contributed by atoms with E-state index in [1.807, 2.05) is 0 Å². The number of rotatable bonds is 3.